The molecule has 100 valence electrons. The van der Waals surface area contributed by atoms with Crippen molar-refractivity contribution in [3.63, 3.8) is 0 Å². The molecule has 0 saturated carbocycles. The lowest BCUT2D eigenvalue weighted by Crippen LogP contribution is -2.22. The summed E-state index contributed by atoms with van der Waals surface area (Å²) < 4.78 is 5.27. The van der Waals surface area contributed by atoms with Gasteiger partial charge in [-0.05, 0) is 43.7 Å². The van der Waals surface area contributed by atoms with Crippen LogP contribution in [0.25, 0.3) is 0 Å². The standard InChI is InChI=1S/C14H16N2O3/c1-9(11-5-7-15-8-6-11)16-10(2)12-3-4-13(19-12)14(17)18/h3-10,16H,1-2H3,(H,17,18). The fourth-order valence-electron chi connectivity index (χ4n) is 1.91. The van der Waals surface area contributed by atoms with Crippen LogP contribution in [-0.2, 0) is 0 Å². The molecule has 0 fully saturated rings. The van der Waals surface area contributed by atoms with Gasteiger partial charge in [0, 0.05) is 18.4 Å². The van der Waals surface area contributed by atoms with Gasteiger partial charge in [0.15, 0.2) is 0 Å². The minimum Gasteiger partial charge on any atom is -0.475 e. The van der Waals surface area contributed by atoms with E-state index >= 15 is 0 Å². The van der Waals surface area contributed by atoms with Gasteiger partial charge in [0.25, 0.3) is 0 Å². The summed E-state index contributed by atoms with van der Waals surface area (Å²) >= 11 is 0. The highest BCUT2D eigenvalue weighted by atomic mass is 16.4. The molecule has 2 aromatic heterocycles. The Morgan fingerprint density at radius 3 is 2.47 bits per heavy atom. The van der Waals surface area contributed by atoms with Crippen LogP contribution in [-0.4, -0.2) is 16.1 Å². The minimum atomic E-state index is -1.05. The van der Waals surface area contributed by atoms with Gasteiger partial charge in [0.1, 0.15) is 5.76 Å². The van der Waals surface area contributed by atoms with Crippen LogP contribution in [0.15, 0.2) is 41.1 Å². The highest BCUT2D eigenvalue weighted by molar-refractivity contribution is 5.84. The van der Waals surface area contributed by atoms with Crippen LogP contribution in [0.4, 0.5) is 0 Å². The number of carbonyl (C=O) groups is 1. The van der Waals surface area contributed by atoms with Gasteiger partial charge in [-0.2, -0.15) is 0 Å². The lowest BCUT2D eigenvalue weighted by atomic mass is 10.1. The number of hydrogen-bond donors (Lipinski definition) is 2. The molecule has 0 aliphatic heterocycles. The minimum absolute atomic E-state index is 0.0415. The highest BCUT2D eigenvalue weighted by Crippen LogP contribution is 2.20. The van der Waals surface area contributed by atoms with Crippen molar-refractivity contribution in [3.8, 4) is 0 Å². The predicted octanol–water partition coefficient (Wildman–Crippen LogP) is 2.78. The fraction of sp³-hybridized carbons (Fsp3) is 0.286. The topological polar surface area (TPSA) is 75.4 Å². The average Bonchev–Trinajstić information content (AvgIpc) is 2.89. The summed E-state index contributed by atoms with van der Waals surface area (Å²) in [6, 6.07) is 7.07. The van der Waals surface area contributed by atoms with Crippen LogP contribution in [0, 0.1) is 0 Å². The first-order valence-corrected chi connectivity index (χ1v) is 6.07. The molecular formula is C14H16N2O3. The maximum Gasteiger partial charge on any atom is 0.371 e. The Kier molecular flexibility index (Phi) is 3.97. The Bertz CT molecular complexity index is 551. The molecular weight excluding hydrogens is 244 g/mol. The Labute approximate surface area is 111 Å². The number of carboxylic acid groups (broad SMARTS) is 1. The number of furan rings is 1. The third-order valence-corrected chi connectivity index (χ3v) is 2.97. The monoisotopic (exact) mass is 260 g/mol. The van der Waals surface area contributed by atoms with Gasteiger partial charge in [-0.1, -0.05) is 0 Å². The lowest BCUT2D eigenvalue weighted by molar-refractivity contribution is 0.0659. The van der Waals surface area contributed by atoms with E-state index in [1.807, 2.05) is 26.0 Å². The summed E-state index contributed by atoms with van der Waals surface area (Å²) in [6.45, 7) is 3.97. The maximum atomic E-state index is 10.8. The molecule has 2 rings (SSSR count). The number of nitrogens with zero attached hydrogens (tertiary/aromatic N) is 1. The van der Waals surface area contributed by atoms with Gasteiger partial charge < -0.3 is 14.8 Å². The lowest BCUT2D eigenvalue weighted by Gasteiger charge is -2.18. The van der Waals surface area contributed by atoms with Gasteiger partial charge in [-0.3, -0.25) is 4.98 Å². The van der Waals surface area contributed by atoms with Gasteiger partial charge in [0.2, 0.25) is 5.76 Å². The first kappa shape index (κ1) is 13.3. The number of aromatic carboxylic acids is 1. The van der Waals surface area contributed by atoms with Crippen molar-refractivity contribution in [2.75, 3.05) is 0 Å². The zero-order valence-corrected chi connectivity index (χ0v) is 10.8. The summed E-state index contributed by atoms with van der Waals surface area (Å²) in [5, 5.41) is 12.2. The zero-order chi connectivity index (χ0) is 13.8. The van der Waals surface area contributed by atoms with E-state index in [-0.39, 0.29) is 17.8 Å². The second-order valence-corrected chi connectivity index (χ2v) is 4.40. The van der Waals surface area contributed by atoms with E-state index in [9.17, 15) is 4.79 Å². The molecule has 0 bridgehead atoms. The molecule has 0 aliphatic carbocycles. The molecule has 2 heterocycles. The second kappa shape index (κ2) is 5.67. The van der Waals surface area contributed by atoms with Crippen LogP contribution in [0.2, 0.25) is 0 Å². The molecule has 0 radical (unpaired) electrons. The summed E-state index contributed by atoms with van der Waals surface area (Å²) in [5.74, 6) is -0.487. The first-order valence-electron chi connectivity index (χ1n) is 6.07. The number of hydrogen-bond acceptors (Lipinski definition) is 4. The maximum absolute atomic E-state index is 10.8. The largest absolute Gasteiger partial charge is 0.475 e. The van der Waals surface area contributed by atoms with Gasteiger partial charge in [-0.25, -0.2) is 4.79 Å². The van der Waals surface area contributed by atoms with Crippen LogP contribution >= 0.6 is 0 Å². The Balaban J connectivity index is 2.04. The van der Waals surface area contributed by atoms with Crippen LogP contribution in [0.5, 0.6) is 0 Å². The van der Waals surface area contributed by atoms with Crippen molar-refractivity contribution in [1.82, 2.24) is 10.3 Å². The Morgan fingerprint density at radius 2 is 1.89 bits per heavy atom. The van der Waals surface area contributed by atoms with E-state index in [0.717, 1.165) is 5.56 Å². The molecule has 19 heavy (non-hydrogen) atoms. The van der Waals surface area contributed by atoms with Crippen molar-refractivity contribution < 1.29 is 14.3 Å². The molecule has 2 atom stereocenters. The van der Waals surface area contributed by atoms with E-state index in [1.165, 1.54) is 6.07 Å². The molecule has 0 spiro atoms. The molecule has 0 aliphatic rings. The summed E-state index contributed by atoms with van der Waals surface area (Å²) in [6.07, 6.45) is 3.49. The van der Waals surface area contributed by atoms with Crippen LogP contribution in [0.1, 0.15) is 47.8 Å². The Hall–Kier alpha value is -2.14. The van der Waals surface area contributed by atoms with Crippen molar-refractivity contribution in [2.45, 2.75) is 25.9 Å². The van der Waals surface area contributed by atoms with Crippen molar-refractivity contribution in [3.05, 3.63) is 53.7 Å². The zero-order valence-electron chi connectivity index (χ0n) is 10.8. The molecule has 2 unspecified atom stereocenters. The van der Waals surface area contributed by atoms with Gasteiger partial charge >= 0.3 is 5.97 Å². The van der Waals surface area contributed by atoms with Crippen molar-refractivity contribution in [2.24, 2.45) is 0 Å². The number of aromatic nitrogens is 1. The molecule has 0 aromatic carbocycles. The summed E-state index contributed by atoms with van der Waals surface area (Å²) in [5.41, 5.74) is 1.12. The average molecular weight is 260 g/mol. The molecule has 0 amide bonds. The highest BCUT2D eigenvalue weighted by Gasteiger charge is 2.16. The molecule has 5 heteroatoms. The van der Waals surface area contributed by atoms with Gasteiger partial charge in [0.05, 0.1) is 6.04 Å². The molecule has 5 nitrogen and oxygen atoms in total. The van der Waals surface area contributed by atoms with Crippen molar-refractivity contribution in [1.29, 1.82) is 0 Å². The number of pyridine rings is 1. The van der Waals surface area contributed by atoms with Crippen LogP contribution < -0.4 is 5.32 Å². The predicted molar refractivity (Wildman–Crippen MR) is 69.9 cm³/mol. The van der Waals surface area contributed by atoms with Crippen molar-refractivity contribution >= 4 is 5.97 Å². The quantitative estimate of drug-likeness (QED) is 0.864. The molecule has 2 N–H and O–H groups in total. The SMILES string of the molecule is CC(NC(C)c1ccc(C(=O)O)o1)c1ccncc1. The Morgan fingerprint density at radius 1 is 1.21 bits per heavy atom. The number of carboxylic acids is 1. The summed E-state index contributed by atoms with van der Waals surface area (Å²) in [7, 11) is 0. The molecule has 0 saturated heterocycles. The van der Waals surface area contributed by atoms with E-state index in [4.69, 9.17) is 9.52 Å². The van der Waals surface area contributed by atoms with E-state index < -0.39 is 5.97 Å². The number of rotatable bonds is 5. The van der Waals surface area contributed by atoms with E-state index in [2.05, 4.69) is 10.3 Å². The fourth-order valence-corrected chi connectivity index (χ4v) is 1.91. The van der Waals surface area contributed by atoms with E-state index in [0.29, 0.717) is 5.76 Å². The number of nitrogens with one attached hydrogen (secondary N) is 1. The molecule has 2 aromatic rings. The third-order valence-electron chi connectivity index (χ3n) is 2.97. The van der Waals surface area contributed by atoms with Gasteiger partial charge in [-0.15, -0.1) is 0 Å². The third kappa shape index (κ3) is 3.20. The normalized spacial score (nSPS) is 14.0. The van der Waals surface area contributed by atoms with Crippen LogP contribution in [0.3, 0.4) is 0 Å². The second-order valence-electron chi connectivity index (χ2n) is 4.40. The van der Waals surface area contributed by atoms with E-state index in [1.54, 1.807) is 18.5 Å². The first-order chi connectivity index (χ1) is 9.08. The smallest absolute Gasteiger partial charge is 0.371 e. The summed E-state index contributed by atoms with van der Waals surface area (Å²) in [4.78, 5) is 14.7.